The standard InChI is InChI=1S/C43H64O32/c44-5-13-30-19(50)24(55)38(64-13)71-31-14(6-45)66-40(26(57)21(31)52)73-33-16(8-47)68-42(28(59)23(33)54)75-35-18(10-49)69-43(29(60)36(35)63-12-4-2-1-3-11(12)37(61)62)74-34-17(9-48)67-41(27(58)22(34)53)72-32-15(7-46)65-39(70-30)25(56)20(32)51/h1-4,13-36,38-60H,5-10H2,(H,61,62)/t13-,14-,15-,16-,17-,18-,19-,20-,21-,22-,23-,24-,25-,26-,27-,28-,29-,30-,31-,32-,33-,34-,35+,36-,38-,39-,40-,41-,42-,43-/m1/s1. The molecule has 1 aromatic rings. The number of aliphatic hydroxyl groups is 17. The zero-order valence-corrected chi connectivity index (χ0v) is 39.1. The molecular weight excluding hydrogens is 1030 g/mol. The van der Waals surface area contributed by atoms with E-state index in [0.717, 1.165) is 6.07 Å². The van der Waals surface area contributed by atoms with E-state index in [1.54, 1.807) is 0 Å². The highest BCUT2D eigenvalue weighted by molar-refractivity contribution is 5.90. The lowest BCUT2D eigenvalue weighted by molar-refractivity contribution is -0.403. The summed E-state index contributed by atoms with van der Waals surface area (Å²) in [6, 6.07) is 5.00. The van der Waals surface area contributed by atoms with Crippen LogP contribution in [0.4, 0.5) is 0 Å². The molecule has 0 aromatic heterocycles. The summed E-state index contributed by atoms with van der Waals surface area (Å²) in [5.74, 6) is -1.93. The molecule has 22 heterocycles. The van der Waals surface area contributed by atoms with E-state index < -0.39 is 241 Å². The average Bonchev–Trinajstić information content (AvgIpc) is 3.40. The largest absolute Gasteiger partial charge is 0.484 e. The van der Waals surface area contributed by atoms with Gasteiger partial charge >= 0.3 is 5.97 Å². The number of carboxylic acid groups (broad SMARTS) is 1. The summed E-state index contributed by atoms with van der Waals surface area (Å²) in [4.78, 5) is 12.3. The molecule has 0 spiro atoms. The van der Waals surface area contributed by atoms with Crippen molar-refractivity contribution in [3.63, 3.8) is 0 Å². The van der Waals surface area contributed by atoms with Crippen LogP contribution in [-0.4, -0.2) is 322 Å². The van der Waals surface area contributed by atoms with Crippen LogP contribution in [0.1, 0.15) is 10.4 Å². The molecule has 0 radical (unpaired) electrons. The van der Waals surface area contributed by atoms with Crippen LogP contribution in [-0.2, 0) is 56.8 Å². The number of aromatic carboxylic acids is 1. The van der Waals surface area contributed by atoms with Gasteiger partial charge in [-0.25, -0.2) is 4.79 Å². The maximum absolute atomic E-state index is 12.3. The summed E-state index contributed by atoms with van der Waals surface area (Å²) in [6.45, 7) is -6.24. The first kappa shape index (κ1) is 58.5. The van der Waals surface area contributed by atoms with Crippen LogP contribution in [0.15, 0.2) is 24.3 Å². The summed E-state index contributed by atoms with van der Waals surface area (Å²) in [7, 11) is 0. The van der Waals surface area contributed by atoms with Crippen molar-refractivity contribution in [2.45, 2.75) is 184 Å². The first-order chi connectivity index (χ1) is 35.8. The molecule has 18 N–H and O–H groups in total. The Bertz CT molecular complexity index is 1980. The summed E-state index contributed by atoms with van der Waals surface area (Å²) in [5, 5.41) is 198. The van der Waals surface area contributed by atoms with Gasteiger partial charge in [-0.15, -0.1) is 0 Å². The number of para-hydroxylation sites is 1. The van der Waals surface area contributed by atoms with Crippen molar-refractivity contribution in [1.82, 2.24) is 0 Å². The summed E-state index contributed by atoms with van der Waals surface area (Å²) < 4.78 is 75.4. The van der Waals surface area contributed by atoms with Crippen LogP contribution < -0.4 is 4.74 Å². The van der Waals surface area contributed by atoms with Gasteiger partial charge in [0.05, 0.1) is 39.6 Å². The zero-order valence-electron chi connectivity index (χ0n) is 39.1. The molecule has 30 atom stereocenters. The van der Waals surface area contributed by atoms with Crippen LogP contribution in [0, 0.1) is 0 Å². The smallest absolute Gasteiger partial charge is 0.339 e. The molecule has 428 valence electrons. The van der Waals surface area contributed by atoms with Gasteiger partial charge < -0.3 is 153 Å². The molecule has 0 amide bonds. The second-order valence-electron chi connectivity index (χ2n) is 18.7. The maximum Gasteiger partial charge on any atom is 0.339 e. The van der Waals surface area contributed by atoms with Crippen molar-refractivity contribution in [3.05, 3.63) is 29.8 Å². The van der Waals surface area contributed by atoms with Crippen LogP contribution >= 0.6 is 0 Å². The highest BCUT2D eigenvalue weighted by Gasteiger charge is 2.59. The SMILES string of the molecule is O=C(O)c1ccccc1O[C@@H]1[C@@H](O)[C@H]2O[C@H]3[C@H](O)[C@@H](O)[C@@H](O[C@H]4[C@H](O)[C@@H](O)[C@@H](O[C@H]5[C@H](O)[C@@H](O)[C@@H](O[C@H]6[C@H](O)[C@@H](O)[C@@H](O[C@H]7[C@H](O)[C@@H](O)[C@@H](O[C@H]1[C@@H](CO)O2)O[C@@H]7CO)O[C@@H]6CO)O[C@@H]5CO)O[C@@H]4CO)O[C@@H]3CO. The van der Waals surface area contributed by atoms with Crippen LogP contribution in [0.5, 0.6) is 5.75 Å². The number of ether oxygens (including phenoxy) is 13. The minimum Gasteiger partial charge on any atom is -0.484 e. The number of hydrogen-bond acceptors (Lipinski definition) is 31. The predicted molar refractivity (Wildman–Crippen MR) is 228 cm³/mol. The molecule has 0 unspecified atom stereocenters. The molecular formula is C43H64O32. The molecule has 22 fully saturated rings. The molecule has 32 nitrogen and oxygen atoms in total. The second kappa shape index (κ2) is 24.8. The summed E-state index contributed by atoms with van der Waals surface area (Å²) in [6.07, 6.45) is -59.9. The van der Waals surface area contributed by atoms with E-state index in [1.807, 2.05) is 0 Å². The number of carbonyl (C=O) groups is 1. The Morgan fingerprint density at radius 2 is 0.587 bits per heavy atom. The Kier molecular flexibility index (Phi) is 19.3. The van der Waals surface area contributed by atoms with Gasteiger partial charge in [0.25, 0.3) is 0 Å². The fourth-order valence-electron chi connectivity index (χ4n) is 9.94. The van der Waals surface area contributed by atoms with E-state index in [1.165, 1.54) is 18.2 Å². The lowest BCUT2D eigenvalue weighted by atomic mass is 9.94. The third-order valence-corrected chi connectivity index (χ3v) is 14.0. The van der Waals surface area contributed by atoms with Gasteiger partial charge in [-0.1, -0.05) is 12.1 Å². The number of aliphatic hydroxyl groups excluding tert-OH is 17. The van der Waals surface area contributed by atoms with Gasteiger partial charge in [-0.05, 0) is 12.1 Å². The van der Waals surface area contributed by atoms with E-state index in [9.17, 15) is 96.7 Å². The van der Waals surface area contributed by atoms with Crippen molar-refractivity contribution in [2.24, 2.45) is 0 Å². The second-order valence-corrected chi connectivity index (χ2v) is 18.7. The van der Waals surface area contributed by atoms with E-state index in [4.69, 9.17) is 61.6 Å². The fraction of sp³-hybridized carbons (Fsp3) is 0.837. The van der Waals surface area contributed by atoms with Gasteiger partial charge in [0.2, 0.25) is 0 Å². The zero-order chi connectivity index (χ0) is 54.3. The number of carboxylic acids is 1. The third-order valence-electron chi connectivity index (χ3n) is 14.0. The number of hydrogen-bond donors (Lipinski definition) is 18. The number of rotatable bonds is 9. The van der Waals surface area contributed by atoms with Gasteiger partial charge in [0.15, 0.2) is 43.8 Å². The quantitative estimate of drug-likeness (QED) is 0.109. The Morgan fingerprint density at radius 3 is 0.853 bits per heavy atom. The molecule has 32 heteroatoms. The van der Waals surface area contributed by atoms with Crippen molar-refractivity contribution in [2.75, 3.05) is 39.6 Å². The Labute approximate surface area is 423 Å². The molecule has 12 bridgehead atoms. The van der Waals surface area contributed by atoms with E-state index in [-0.39, 0.29) is 0 Å². The monoisotopic (exact) mass is 1090 g/mol. The van der Waals surface area contributed by atoms with E-state index in [2.05, 4.69) is 0 Å². The normalized spacial score (nSPS) is 50.0. The van der Waals surface area contributed by atoms with Crippen molar-refractivity contribution >= 4 is 5.97 Å². The molecule has 1 aromatic carbocycles. The molecule has 23 rings (SSSR count). The fourth-order valence-corrected chi connectivity index (χ4v) is 9.94. The minimum absolute atomic E-state index is 0.419. The summed E-state index contributed by atoms with van der Waals surface area (Å²) >= 11 is 0. The van der Waals surface area contributed by atoms with Crippen molar-refractivity contribution < 1.29 is 158 Å². The first-order valence-corrected chi connectivity index (χ1v) is 23.8. The van der Waals surface area contributed by atoms with Crippen LogP contribution in [0.2, 0.25) is 0 Å². The molecule has 22 aliphatic rings. The van der Waals surface area contributed by atoms with Crippen LogP contribution in [0.25, 0.3) is 0 Å². The molecule has 75 heavy (non-hydrogen) atoms. The predicted octanol–water partition coefficient (Wildman–Crippen LogP) is -11.3. The van der Waals surface area contributed by atoms with E-state index >= 15 is 0 Å². The highest BCUT2D eigenvalue weighted by atomic mass is 16.8. The van der Waals surface area contributed by atoms with Gasteiger partial charge in [-0.3, -0.25) is 0 Å². The Morgan fingerprint density at radius 1 is 0.347 bits per heavy atom. The highest BCUT2D eigenvalue weighted by Crippen LogP contribution is 2.39. The van der Waals surface area contributed by atoms with Crippen LogP contribution in [0.3, 0.4) is 0 Å². The van der Waals surface area contributed by atoms with Gasteiger partial charge in [-0.2, -0.15) is 0 Å². The Hall–Kier alpha value is -2.67. The minimum atomic E-state index is -2.23. The maximum atomic E-state index is 12.3. The van der Waals surface area contributed by atoms with Crippen molar-refractivity contribution in [1.29, 1.82) is 0 Å². The molecule has 0 aliphatic carbocycles. The lowest BCUT2D eigenvalue weighted by Gasteiger charge is -2.51. The molecule has 22 aliphatic heterocycles. The van der Waals surface area contributed by atoms with Crippen molar-refractivity contribution in [3.8, 4) is 5.75 Å². The number of benzene rings is 1. The van der Waals surface area contributed by atoms with Gasteiger partial charge in [0.1, 0.15) is 152 Å². The Balaban J connectivity index is 1.14. The van der Waals surface area contributed by atoms with Gasteiger partial charge in [0, 0.05) is 0 Å². The summed E-state index contributed by atoms with van der Waals surface area (Å²) in [5.41, 5.74) is -0.468. The third kappa shape index (κ3) is 11.5. The van der Waals surface area contributed by atoms with E-state index in [0.29, 0.717) is 0 Å². The lowest BCUT2D eigenvalue weighted by Crippen LogP contribution is -2.69. The molecule has 0 saturated carbocycles. The molecule has 22 saturated heterocycles. The topological polar surface area (TPSA) is 501 Å². The first-order valence-electron chi connectivity index (χ1n) is 23.8. The average molecular weight is 1090 g/mol.